The molecule has 0 saturated carbocycles. The zero-order valence-electron chi connectivity index (χ0n) is 23.2. The number of fused-ring (bicyclic) bond motifs is 1. The molecule has 3 aromatic rings. The predicted octanol–water partition coefficient (Wildman–Crippen LogP) is 8.22. The van der Waals surface area contributed by atoms with Crippen LogP contribution in [0.25, 0.3) is 27.7 Å². The van der Waals surface area contributed by atoms with Crippen molar-refractivity contribution in [2.75, 3.05) is 13.1 Å². The first-order valence-electron chi connectivity index (χ1n) is 14.3. The van der Waals surface area contributed by atoms with Crippen LogP contribution < -0.4 is 5.32 Å². The number of imidazole rings is 1. The number of piperidine rings is 1. The van der Waals surface area contributed by atoms with Crippen LogP contribution in [0.2, 0.25) is 0 Å². The molecular weight excluding hydrogens is 452 g/mol. The number of allylic oxidation sites excluding steroid dienone is 6. The third-order valence-electron chi connectivity index (χ3n) is 7.57. The van der Waals surface area contributed by atoms with Gasteiger partial charge in [-0.15, -0.1) is 0 Å². The molecule has 4 rings (SSSR count). The van der Waals surface area contributed by atoms with Crippen LogP contribution in [-0.2, 0) is 12.8 Å². The van der Waals surface area contributed by atoms with Crippen LogP contribution in [0, 0.1) is 5.92 Å². The second-order valence-corrected chi connectivity index (χ2v) is 10.3. The number of pyridine rings is 1. The molecule has 4 heteroatoms. The lowest BCUT2D eigenvalue weighted by atomic mass is 9.86. The lowest BCUT2D eigenvalue weighted by molar-refractivity contribution is 0.409. The van der Waals surface area contributed by atoms with Gasteiger partial charge >= 0.3 is 0 Å². The van der Waals surface area contributed by atoms with E-state index in [4.69, 9.17) is 4.98 Å². The van der Waals surface area contributed by atoms with Gasteiger partial charge in [-0.2, -0.15) is 0 Å². The van der Waals surface area contributed by atoms with Crippen LogP contribution in [-0.4, -0.2) is 28.0 Å². The van der Waals surface area contributed by atoms with Gasteiger partial charge in [0, 0.05) is 17.1 Å². The number of aryl methyl sites for hydroxylation is 1. The van der Waals surface area contributed by atoms with Gasteiger partial charge in [-0.05, 0) is 93.3 Å². The first-order valence-corrected chi connectivity index (χ1v) is 14.3. The second kappa shape index (κ2) is 13.5. The molecule has 2 aromatic heterocycles. The number of hydrogen-bond donors (Lipinski definition) is 2. The maximum atomic E-state index is 4.90. The molecule has 4 nitrogen and oxygen atoms in total. The van der Waals surface area contributed by atoms with Crippen molar-refractivity contribution in [3.8, 4) is 11.3 Å². The van der Waals surface area contributed by atoms with Crippen molar-refractivity contribution in [2.45, 2.75) is 79.1 Å². The van der Waals surface area contributed by atoms with Gasteiger partial charge < -0.3 is 10.3 Å². The average molecular weight is 497 g/mol. The molecule has 1 aromatic carbocycles. The second-order valence-electron chi connectivity index (χ2n) is 10.3. The van der Waals surface area contributed by atoms with E-state index in [0.29, 0.717) is 0 Å². The average Bonchev–Trinajstić information content (AvgIpc) is 3.42. The molecule has 37 heavy (non-hydrogen) atoms. The highest BCUT2D eigenvalue weighted by Crippen LogP contribution is 2.32. The number of aromatic nitrogens is 3. The summed E-state index contributed by atoms with van der Waals surface area (Å²) in [5, 5.41) is 4.80. The summed E-state index contributed by atoms with van der Waals surface area (Å²) >= 11 is 0. The molecule has 3 heterocycles. The largest absolute Gasteiger partial charge is 0.344 e. The van der Waals surface area contributed by atoms with E-state index >= 15 is 0 Å². The molecular formula is C33H44N4. The molecule has 1 aliphatic heterocycles. The Morgan fingerprint density at radius 3 is 2.68 bits per heavy atom. The van der Waals surface area contributed by atoms with Gasteiger partial charge in [0.15, 0.2) is 0 Å². The van der Waals surface area contributed by atoms with Crippen molar-refractivity contribution in [3.63, 3.8) is 0 Å². The van der Waals surface area contributed by atoms with Crippen LogP contribution in [0.3, 0.4) is 0 Å². The number of hydrogen-bond acceptors (Lipinski definition) is 3. The van der Waals surface area contributed by atoms with Crippen molar-refractivity contribution in [1.29, 1.82) is 0 Å². The summed E-state index contributed by atoms with van der Waals surface area (Å²) < 4.78 is 0. The highest BCUT2D eigenvalue weighted by Gasteiger charge is 2.18. The number of nitrogens with zero attached hydrogens (tertiary/aromatic N) is 2. The smallest absolute Gasteiger partial charge is 0.0932 e. The quantitative estimate of drug-likeness (QED) is 0.208. The molecule has 1 aliphatic rings. The van der Waals surface area contributed by atoms with Gasteiger partial charge in [0.2, 0.25) is 0 Å². The first-order chi connectivity index (χ1) is 18.2. The normalized spacial score (nSPS) is 15.8. The van der Waals surface area contributed by atoms with E-state index < -0.39 is 0 Å². The fraction of sp³-hybridized carbons (Fsp3) is 0.455. The highest BCUT2D eigenvalue weighted by molar-refractivity contribution is 5.89. The zero-order valence-corrected chi connectivity index (χ0v) is 23.2. The maximum absolute atomic E-state index is 4.90. The fourth-order valence-corrected chi connectivity index (χ4v) is 5.60. The Kier molecular flexibility index (Phi) is 9.90. The van der Waals surface area contributed by atoms with Gasteiger partial charge in [0.25, 0.3) is 0 Å². The van der Waals surface area contributed by atoms with E-state index in [2.05, 4.69) is 91.7 Å². The Morgan fingerprint density at radius 1 is 1.08 bits per heavy atom. The molecule has 2 N–H and O–H groups in total. The summed E-state index contributed by atoms with van der Waals surface area (Å²) in [6.45, 7) is 11.2. The Hall–Kier alpha value is -2.98. The molecule has 196 valence electrons. The summed E-state index contributed by atoms with van der Waals surface area (Å²) in [5.41, 5.74) is 9.96. The predicted molar refractivity (Wildman–Crippen MR) is 159 cm³/mol. The Labute approximate surface area is 223 Å². The van der Waals surface area contributed by atoms with Crippen LogP contribution in [0.15, 0.2) is 60.6 Å². The van der Waals surface area contributed by atoms with E-state index in [0.717, 1.165) is 67.2 Å². The SMILES string of the molecule is CC/C=C\C=C(/C)c1nc[nH]c1-c1ccc2ncc(C/C=C(\CCC)C3CCNCC3)c(CCC)c2c1. The van der Waals surface area contributed by atoms with Crippen LogP contribution >= 0.6 is 0 Å². The Balaban J connectivity index is 1.71. The Morgan fingerprint density at radius 2 is 1.92 bits per heavy atom. The van der Waals surface area contributed by atoms with Gasteiger partial charge in [-0.1, -0.05) is 69.6 Å². The molecule has 0 amide bonds. The molecule has 1 saturated heterocycles. The van der Waals surface area contributed by atoms with Gasteiger partial charge in [-0.25, -0.2) is 4.98 Å². The van der Waals surface area contributed by atoms with Crippen molar-refractivity contribution < 1.29 is 0 Å². The Bertz CT molecular complexity index is 1250. The minimum absolute atomic E-state index is 0.734. The van der Waals surface area contributed by atoms with E-state index in [1.54, 1.807) is 11.9 Å². The van der Waals surface area contributed by atoms with Crippen molar-refractivity contribution in [1.82, 2.24) is 20.3 Å². The number of rotatable bonds is 11. The van der Waals surface area contributed by atoms with Crippen LogP contribution in [0.5, 0.6) is 0 Å². The summed E-state index contributed by atoms with van der Waals surface area (Å²) in [6.07, 6.45) is 22.1. The number of H-pyrrole nitrogens is 1. The summed E-state index contributed by atoms with van der Waals surface area (Å²) in [5.74, 6) is 0.734. The van der Waals surface area contributed by atoms with Crippen LogP contribution in [0.4, 0.5) is 0 Å². The molecule has 0 atom stereocenters. The van der Waals surface area contributed by atoms with Gasteiger partial charge in [0.05, 0.1) is 23.2 Å². The van der Waals surface area contributed by atoms with Crippen molar-refractivity contribution in [2.24, 2.45) is 5.92 Å². The minimum atomic E-state index is 0.734. The van der Waals surface area contributed by atoms with Crippen LogP contribution in [0.1, 0.15) is 83.0 Å². The van der Waals surface area contributed by atoms with E-state index in [-0.39, 0.29) is 0 Å². The molecule has 0 aliphatic carbocycles. The summed E-state index contributed by atoms with van der Waals surface area (Å²) in [6, 6.07) is 6.67. The topological polar surface area (TPSA) is 53.6 Å². The summed E-state index contributed by atoms with van der Waals surface area (Å²) in [4.78, 5) is 13.0. The first kappa shape index (κ1) is 27.1. The van der Waals surface area contributed by atoms with Gasteiger partial charge in [0.1, 0.15) is 0 Å². The lowest BCUT2D eigenvalue weighted by Gasteiger charge is -2.25. The third-order valence-corrected chi connectivity index (χ3v) is 7.57. The van der Waals surface area contributed by atoms with Gasteiger partial charge in [-0.3, -0.25) is 4.98 Å². The monoisotopic (exact) mass is 496 g/mol. The number of nitrogens with one attached hydrogen (secondary N) is 2. The van der Waals surface area contributed by atoms with Crippen molar-refractivity contribution >= 4 is 16.5 Å². The molecule has 0 bridgehead atoms. The minimum Gasteiger partial charge on any atom is -0.344 e. The molecule has 0 spiro atoms. The fourth-order valence-electron chi connectivity index (χ4n) is 5.60. The third kappa shape index (κ3) is 6.67. The number of benzene rings is 1. The standard InChI is InChI=1S/C33H44N4/c1-5-8-9-12-24(4)32-33(37-23-36-32)27-15-16-31-30(21-27)29(11-7-3)28(22-35-31)14-13-25(10-6-2)26-17-19-34-20-18-26/h8-9,12-13,15-16,21-23,26,34H,5-7,10-11,14,17-20H2,1-4H3,(H,36,37)/b9-8-,24-12+,25-13+. The van der Waals surface area contributed by atoms with Crippen molar-refractivity contribution in [3.05, 3.63) is 77.4 Å². The maximum Gasteiger partial charge on any atom is 0.0932 e. The van der Waals surface area contributed by atoms with E-state index in [9.17, 15) is 0 Å². The molecule has 0 radical (unpaired) electrons. The van der Waals surface area contributed by atoms with E-state index in [1.165, 1.54) is 47.8 Å². The zero-order chi connectivity index (χ0) is 26.0. The molecule has 0 unspecified atom stereocenters. The summed E-state index contributed by atoms with van der Waals surface area (Å²) in [7, 11) is 0. The molecule has 1 fully saturated rings. The lowest BCUT2D eigenvalue weighted by Crippen LogP contribution is -2.28. The van der Waals surface area contributed by atoms with E-state index in [1.807, 2.05) is 0 Å². The number of aromatic amines is 1. The highest BCUT2D eigenvalue weighted by atomic mass is 14.9.